The summed E-state index contributed by atoms with van der Waals surface area (Å²) in [6.07, 6.45) is 0.820. The molecule has 6 heteroatoms. The van der Waals surface area contributed by atoms with Crippen molar-refractivity contribution in [3.8, 4) is 11.5 Å². The molecular weight excluding hydrogens is 356 g/mol. The second-order valence-corrected chi connectivity index (χ2v) is 7.55. The molecular formula is C22H30N2O4. The molecule has 0 saturated carbocycles. The maximum absolute atomic E-state index is 13.0. The Bertz CT molecular complexity index is 828. The van der Waals surface area contributed by atoms with Crippen molar-refractivity contribution in [1.29, 1.82) is 0 Å². The number of furan rings is 1. The van der Waals surface area contributed by atoms with Crippen LogP contribution in [0.2, 0.25) is 0 Å². The molecule has 1 aromatic carbocycles. The number of nitrogens with zero attached hydrogens (tertiary/aromatic N) is 2. The fraction of sp³-hybridized carbons (Fsp3) is 0.500. The van der Waals surface area contributed by atoms with Crippen LogP contribution in [0.1, 0.15) is 36.5 Å². The van der Waals surface area contributed by atoms with Gasteiger partial charge in [0.25, 0.3) is 0 Å². The van der Waals surface area contributed by atoms with E-state index in [1.807, 2.05) is 36.1 Å². The number of carbonyl (C=O) groups excluding carboxylic acids is 1. The van der Waals surface area contributed by atoms with E-state index in [0.29, 0.717) is 31.9 Å². The topological polar surface area (TPSA) is 55.2 Å². The molecule has 152 valence electrons. The molecule has 1 aliphatic rings. The molecule has 0 unspecified atom stereocenters. The zero-order valence-corrected chi connectivity index (χ0v) is 17.4. The summed E-state index contributed by atoms with van der Waals surface area (Å²) in [6.45, 7) is 8.46. The Morgan fingerprint density at radius 2 is 1.86 bits per heavy atom. The van der Waals surface area contributed by atoms with Crippen LogP contribution in [0.15, 0.2) is 28.7 Å². The SMILES string of the molecule is COc1cc2c(cc1OC)CN(C(=O)CN(Cc1ccc(C)o1)C(C)C)CC2. The van der Waals surface area contributed by atoms with E-state index in [0.717, 1.165) is 29.3 Å². The first-order chi connectivity index (χ1) is 13.4. The molecule has 1 aliphatic heterocycles. The van der Waals surface area contributed by atoms with Gasteiger partial charge in [-0.05, 0) is 62.6 Å². The van der Waals surface area contributed by atoms with E-state index in [2.05, 4.69) is 18.7 Å². The summed E-state index contributed by atoms with van der Waals surface area (Å²) in [4.78, 5) is 17.1. The van der Waals surface area contributed by atoms with Gasteiger partial charge in [-0.3, -0.25) is 9.69 Å². The molecule has 1 amide bonds. The lowest BCUT2D eigenvalue weighted by Crippen LogP contribution is -2.44. The smallest absolute Gasteiger partial charge is 0.237 e. The van der Waals surface area contributed by atoms with Crippen LogP contribution in [0.5, 0.6) is 11.5 Å². The minimum atomic E-state index is 0.136. The first kappa shape index (κ1) is 20.3. The lowest BCUT2D eigenvalue weighted by atomic mass is 9.98. The Morgan fingerprint density at radius 1 is 1.18 bits per heavy atom. The third-order valence-electron chi connectivity index (χ3n) is 5.29. The van der Waals surface area contributed by atoms with Gasteiger partial charge >= 0.3 is 0 Å². The van der Waals surface area contributed by atoms with Gasteiger partial charge in [-0.15, -0.1) is 0 Å². The van der Waals surface area contributed by atoms with Gasteiger partial charge in [0.2, 0.25) is 5.91 Å². The average Bonchev–Trinajstić information content (AvgIpc) is 3.10. The van der Waals surface area contributed by atoms with E-state index in [-0.39, 0.29) is 11.9 Å². The van der Waals surface area contributed by atoms with Gasteiger partial charge < -0.3 is 18.8 Å². The summed E-state index contributed by atoms with van der Waals surface area (Å²) in [5.41, 5.74) is 2.34. The standard InChI is InChI=1S/C22H30N2O4/c1-15(2)24(13-19-7-6-16(3)28-19)14-22(25)23-9-8-17-10-20(26-4)21(27-5)11-18(17)12-23/h6-7,10-11,15H,8-9,12-14H2,1-5H3. The second kappa shape index (κ2) is 8.69. The molecule has 2 aromatic rings. The zero-order valence-electron chi connectivity index (χ0n) is 17.4. The molecule has 0 N–H and O–H groups in total. The molecule has 2 heterocycles. The minimum absolute atomic E-state index is 0.136. The highest BCUT2D eigenvalue weighted by Crippen LogP contribution is 2.33. The molecule has 6 nitrogen and oxygen atoms in total. The van der Waals surface area contributed by atoms with Crippen LogP contribution in [0.3, 0.4) is 0 Å². The van der Waals surface area contributed by atoms with Crippen molar-refractivity contribution in [2.24, 2.45) is 0 Å². The number of rotatable bonds is 7. The van der Waals surface area contributed by atoms with Crippen LogP contribution in [0, 0.1) is 6.92 Å². The van der Waals surface area contributed by atoms with Gasteiger partial charge in [0, 0.05) is 19.1 Å². The number of hydrogen-bond acceptors (Lipinski definition) is 5. The van der Waals surface area contributed by atoms with Gasteiger partial charge in [0.15, 0.2) is 11.5 Å². The van der Waals surface area contributed by atoms with Crippen LogP contribution in [0.4, 0.5) is 0 Å². The monoisotopic (exact) mass is 386 g/mol. The third kappa shape index (κ3) is 4.50. The van der Waals surface area contributed by atoms with Crippen molar-refractivity contribution < 1.29 is 18.7 Å². The van der Waals surface area contributed by atoms with Crippen molar-refractivity contribution in [2.45, 2.75) is 46.3 Å². The van der Waals surface area contributed by atoms with Crippen LogP contribution >= 0.6 is 0 Å². The van der Waals surface area contributed by atoms with E-state index in [1.54, 1.807) is 14.2 Å². The summed E-state index contributed by atoms with van der Waals surface area (Å²) < 4.78 is 16.5. The average molecular weight is 386 g/mol. The van der Waals surface area contributed by atoms with E-state index < -0.39 is 0 Å². The predicted octanol–water partition coefficient (Wildman–Crippen LogP) is 3.40. The number of benzene rings is 1. The second-order valence-electron chi connectivity index (χ2n) is 7.55. The Labute approximate surface area is 167 Å². The predicted molar refractivity (Wildman–Crippen MR) is 108 cm³/mol. The van der Waals surface area contributed by atoms with Crippen LogP contribution in [-0.4, -0.2) is 49.1 Å². The minimum Gasteiger partial charge on any atom is -0.493 e. The number of amides is 1. The van der Waals surface area contributed by atoms with E-state index in [9.17, 15) is 4.79 Å². The van der Waals surface area contributed by atoms with Gasteiger partial charge in [0.1, 0.15) is 11.5 Å². The molecule has 0 spiro atoms. The normalized spacial score (nSPS) is 13.8. The largest absolute Gasteiger partial charge is 0.493 e. The van der Waals surface area contributed by atoms with Gasteiger partial charge in [-0.1, -0.05) is 0 Å². The van der Waals surface area contributed by atoms with Crippen molar-refractivity contribution in [3.05, 3.63) is 46.9 Å². The fourth-order valence-electron chi connectivity index (χ4n) is 3.56. The summed E-state index contributed by atoms with van der Waals surface area (Å²) in [5, 5.41) is 0. The van der Waals surface area contributed by atoms with Crippen molar-refractivity contribution in [3.63, 3.8) is 0 Å². The highest BCUT2D eigenvalue weighted by Gasteiger charge is 2.25. The third-order valence-corrected chi connectivity index (χ3v) is 5.29. The van der Waals surface area contributed by atoms with Crippen molar-refractivity contribution >= 4 is 5.91 Å². The fourth-order valence-corrected chi connectivity index (χ4v) is 3.56. The Balaban J connectivity index is 1.69. The summed E-state index contributed by atoms with van der Waals surface area (Å²) in [7, 11) is 3.27. The Kier molecular flexibility index (Phi) is 6.29. The number of methoxy groups -OCH3 is 2. The van der Waals surface area contributed by atoms with Crippen molar-refractivity contribution in [2.75, 3.05) is 27.3 Å². The summed E-state index contributed by atoms with van der Waals surface area (Å²) in [5.74, 6) is 3.35. The highest BCUT2D eigenvalue weighted by molar-refractivity contribution is 5.78. The van der Waals surface area contributed by atoms with E-state index >= 15 is 0 Å². The molecule has 0 bridgehead atoms. The lowest BCUT2D eigenvalue weighted by molar-refractivity contribution is -0.134. The first-order valence-electron chi connectivity index (χ1n) is 9.72. The Morgan fingerprint density at radius 3 is 2.43 bits per heavy atom. The maximum atomic E-state index is 13.0. The first-order valence-corrected chi connectivity index (χ1v) is 9.72. The molecule has 3 rings (SSSR count). The summed E-state index contributed by atoms with van der Waals surface area (Å²) in [6, 6.07) is 8.19. The molecule has 0 atom stereocenters. The van der Waals surface area contributed by atoms with Crippen LogP contribution in [-0.2, 0) is 24.3 Å². The summed E-state index contributed by atoms with van der Waals surface area (Å²) >= 11 is 0. The van der Waals surface area contributed by atoms with Gasteiger partial charge in [-0.25, -0.2) is 0 Å². The van der Waals surface area contributed by atoms with E-state index in [4.69, 9.17) is 13.9 Å². The van der Waals surface area contributed by atoms with Gasteiger partial charge in [0.05, 0.1) is 27.3 Å². The Hall–Kier alpha value is -2.47. The maximum Gasteiger partial charge on any atom is 0.237 e. The van der Waals surface area contributed by atoms with Crippen molar-refractivity contribution in [1.82, 2.24) is 9.80 Å². The number of hydrogen-bond donors (Lipinski definition) is 0. The number of fused-ring (bicyclic) bond motifs is 1. The molecule has 0 saturated heterocycles. The highest BCUT2D eigenvalue weighted by atomic mass is 16.5. The quantitative estimate of drug-likeness (QED) is 0.730. The number of aryl methyl sites for hydroxylation is 1. The molecule has 28 heavy (non-hydrogen) atoms. The number of carbonyl (C=O) groups is 1. The lowest BCUT2D eigenvalue weighted by Gasteiger charge is -2.32. The van der Waals surface area contributed by atoms with E-state index in [1.165, 1.54) is 5.56 Å². The molecule has 1 aromatic heterocycles. The number of ether oxygens (including phenoxy) is 2. The van der Waals surface area contributed by atoms with Gasteiger partial charge in [-0.2, -0.15) is 0 Å². The molecule has 0 radical (unpaired) electrons. The van der Waals surface area contributed by atoms with Crippen LogP contribution < -0.4 is 9.47 Å². The molecule has 0 aliphatic carbocycles. The zero-order chi connectivity index (χ0) is 20.3. The van der Waals surface area contributed by atoms with Crippen LogP contribution in [0.25, 0.3) is 0 Å². The molecule has 0 fully saturated rings.